The topological polar surface area (TPSA) is 24.1 Å². The van der Waals surface area contributed by atoms with Crippen molar-refractivity contribution in [2.24, 2.45) is 0 Å². The number of para-hydroxylation sites is 1. The lowest BCUT2D eigenvalue weighted by molar-refractivity contribution is 0.654. The van der Waals surface area contributed by atoms with Gasteiger partial charge < -0.3 is 10.6 Å². The summed E-state index contributed by atoms with van der Waals surface area (Å²) in [5.74, 6) is 0. The van der Waals surface area contributed by atoms with Gasteiger partial charge in [0.25, 0.3) is 0 Å². The van der Waals surface area contributed by atoms with Crippen LogP contribution in [0.5, 0.6) is 0 Å². The molecule has 0 saturated carbocycles. The summed E-state index contributed by atoms with van der Waals surface area (Å²) in [6.45, 7) is 5.53. The second kappa shape index (κ2) is 5.24. The van der Waals surface area contributed by atoms with Gasteiger partial charge in [-0.15, -0.1) is 0 Å². The Morgan fingerprint density at radius 1 is 1.25 bits per heavy atom. The van der Waals surface area contributed by atoms with Crippen LogP contribution in [-0.4, -0.2) is 12.6 Å². The zero-order valence-electron chi connectivity index (χ0n) is 10.3. The van der Waals surface area contributed by atoms with Gasteiger partial charge in [0.1, 0.15) is 0 Å². The summed E-state index contributed by atoms with van der Waals surface area (Å²) < 4.78 is 0. The molecule has 0 saturated heterocycles. The number of aryl methyl sites for hydroxylation is 1. The maximum atomic E-state index is 3.63. The summed E-state index contributed by atoms with van der Waals surface area (Å²) in [5.41, 5.74) is 4.06. The maximum absolute atomic E-state index is 3.63. The molecule has 2 rings (SSSR count). The van der Waals surface area contributed by atoms with E-state index in [1.54, 1.807) is 0 Å². The van der Waals surface area contributed by atoms with Gasteiger partial charge >= 0.3 is 0 Å². The Balaban J connectivity index is 2.17. The van der Waals surface area contributed by atoms with E-state index in [1.807, 2.05) is 0 Å². The zero-order chi connectivity index (χ0) is 11.4. The largest absolute Gasteiger partial charge is 0.381 e. The molecule has 1 aliphatic rings. The van der Waals surface area contributed by atoms with E-state index in [4.69, 9.17) is 0 Å². The molecule has 88 valence electrons. The van der Waals surface area contributed by atoms with Crippen molar-refractivity contribution in [3.8, 4) is 0 Å². The Labute approximate surface area is 98.4 Å². The van der Waals surface area contributed by atoms with Crippen molar-refractivity contribution in [3.05, 3.63) is 23.8 Å². The van der Waals surface area contributed by atoms with Crippen LogP contribution in [0.1, 0.15) is 38.7 Å². The predicted molar refractivity (Wildman–Crippen MR) is 71.2 cm³/mol. The predicted octanol–water partition coefficient (Wildman–Crippen LogP) is 3.65. The van der Waals surface area contributed by atoms with Crippen molar-refractivity contribution in [1.82, 2.24) is 0 Å². The lowest BCUT2D eigenvalue weighted by Gasteiger charge is -2.29. The first-order chi connectivity index (χ1) is 7.85. The SMILES string of the molecule is CCCc1cccc2c1NCC(CCC)N2. The van der Waals surface area contributed by atoms with Crippen LogP contribution in [0.2, 0.25) is 0 Å². The van der Waals surface area contributed by atoms with Crippen molar-refractivity contribution < 1.29 is 0 Å². The van der Waals surface area contributed by atoms with Gasteiger partial charge in [0, 0.05) is 12.6 Å². The number of nitrogens with one attached hydrogen (secondary N) is 2. The quantitative estimate of drug-likeness (QED) is 0.806. The van der Waals surface area contributed by atoms with E-state index in [0.29, 0.717) is 6.04 Å². The average molecular weight is 218 g/mol. The fourth-order valence-corrected chi connectivity index (χ4v) is 2.43. The molecule has 2 heteroatoms. The summed E-state index contributed by atoms with van der Waals surface area (Å²) in [6, 6.07) is 7.17. The molecular weight excluding hydrogens is 196 g/mol. The van der Waals surface area contributed by atoms with Crippen LogP contribution in [0.15, 0.2) is 18.2 Å². The molecule has 0 amide bonds. The Bertz CT molecular complexity index is 347. The molecule has 2 nitrogen and oxygen atoms in total. The van der Waals surface area contributed by atoms with Gasteiger partial charge in [-0.25, -0.2) is 0 Å². The van der Waals surface area contributed by atoms with E-state index >= 15 is 0 Å². The molecule has 1 atom stereocenters. The molecule has 1 heterocycles. The molecule has 1 unspecified atom stereocenters. The number of rotatable bonds is 4. The summed E-state index contributed by atoms with van der Waals surface area (Å²) >= 11 is 0. The minimum absolute atomic E-state index is 0.592. The highest BCUT2D eigenvalue weighted by atomic mass is 15.1. The fraction of sp³-hybridized carbons (Fsp3) is 0.571. The van der Waals surface area contributed by atoms with Crippen molar-refractivity contribution in [2.45, 2.75) is 45.6 Å². The lowest BCUT2D eigenvalue weighted by atomic mass is 10.0. The smallest absolute Gasteiger partial charge is 0.0609 e. The van der Waals surface area contributed by atoms with Crippen LogP contribution in [0.4, 0.5) is 11.4 Å². The van der Waals surface area contributed by atoms with Crippen LogP contribution in [0.3, 0.4) is 0 Å². The Hall–Kier alpha value is -1.18. The highest BCUT2D eigenvalue weighted by Crippen LogP contribution is 2.31. The monoisotopic (exact) mass is 218 g/mol. The highest BCUT2D eigenvalue weighted by molar-refractivity contribution is 5.74. The zero-order valence-corrected chi connectivity index (χ0v) is 10.3. The third-order valence-electron chi connectivity index (χ3n) is 3.19. The van der Waals surface area contributed by atoms with Gasteiger partial charge in [0.15, 0.2) is 0 Å². The molecule has 1 aromatic rings. The number of benzene rings is 1. The van der Waals surface area contributed by atoms with Gasteiger partial charge in [0.05, 0.1) is 11.4 Å². The summed E-state index contributed by atoms with van der Waals surface area (Å²) in [6.07, 6.45) is 4.85. The third-order valence-corrected chi connectivity index (χ3v) is 3.19. The highest BCUT2D eigenvalue weighted by Gasteiger charge is 2.17. The van der Waals surface area contributed by atoms with Crippen molar-refractivity contribution in [3.63, 3.8) is 0 Å². The molecule has 0 aromatic heterocycles. The van der Waals surface area contributed by atoms with E-state index in [0.717, 1.165) is 13.0 Å². The third kappa shape index (κ3) is 2.31. The Kier molecular flexibility index (Phi) is 3.70. The van der Waals surface area contributed by atoms with Gasteiger partial charge in [-0.1, -0.05) is 38.8 Å². The molecule has 2 N–H and O–H groups in total. The average Bonchev–Trinajstić information content (AvgIpc) is 2.30. The van der Waals surface area contributed by atoms with Gasteiger partial charge in [-0.05, 0) is 24.5 Å². The van der Waals surface area contributed by atoms with Crippen molar-refractivity contribution in [1.29, 1.82) is 0 Å². The molecular formula is C14H22N2. The molecule has 0 radical (unpaired) electrons. The second-order valence-corrected chi connectivity index (χ2v) is 4.60. The molecule has 0 spiro atoms. The first-order valence-electron chi connectivity index (χ1n) is 6.47. The minimum Gasteiger partial charge on any atom is -0.381 e. The van der Waals surface area contributed by atoms with E-state index in [1.165, 1.54) is 36.2 Å². The molecule has 0 fully saturated rings. The Morgan fingerprint density at radius 2 is 2.12 bits per heavy atom. The van der Waals surface area contributed by atoms with Gasteiger partial charge in [-0.3, -0.25) is 0 Å². The van der Waals surface area contributed by atoms with Crippen LogP contribution in [0, 0.1) is 0 Å². The Morgan fingerprint density at radius 3 is 2.88 bits per heavy atom. The van der Waals surface area contributed by atoms with Gasteiger partial charge in [-0.2, -0.15) is 0 Å². The lowest BCUT2D eigenvalue weighted by Crippen LogP contribution is -2.33. The van der Waals surface area contributed by atoms with Crippen molar-refractivity contribution in [2.75, 3.05) is 17.2 Å². The van der Waals surface area contributed by atoms with Crippen LogP contribution < -0.4 is 10.6 Å². The maximum Gasteiger partial charge on any atom is 0.0609 e. The first-order valence-corrected chi connectivity index (χ1v) is 6.47. The number of hydrogen-bond donors (Lipinski definition) is 2. The standard InChI is InChI=1S/C14H22N2/c1-3-6-11-8-5-9-13-14(11)15-10-12(16-13)7-4-2/h5,8-9,12,15-16H,3-4,6-7,10H2,1-2H3. The number of fused-ring (bicyclic) bond motifs is 1. The fourth-order valence-electron chi connectivity index (χ4n) is 2.43. The summed E-state index contributed by atoms with van der Waals surface area (Å²) in [4.78, 5) is 0. The van der Waals surface area contributed by atoms with E-state index in [-0.39, 0.29) is 0 Å². The summed E-state index contributed by atoms with van der Waals surface area (Å²) in [5, 5.41) is 7.22. The molecule has 16 heavy (non-hydrogen) atoms. The van der Waals surface area contributed by atoms with Crippen LogP contribution >= 0.6 is 0 Å². The van der Waals surface area contributed by atoms with Crippen LogP contribution in [0.25, 0.3) is 0 Å². The molecule has 1 aromatic carbocycles. The normalized spacial score (nSPS) is 18.5. The number of hydrogen-bond acceptors (Lipinski definition) is 2. The first kappa shape index (κ1) is 11.3. The molecule has 1 aliphatic heterocycles. The summed E-state index contributed by atoms with van der Waals surface area (Å²) in [7, 11) is 0. The van der Waals surface area contributed by atoms with Gasteiger partial charge in [0.2, 0.25) is 0 Å². The van der Waals surface area contributed by atoms with E-state index in [9.17, 15) is 0 Å². The van der Waals surface area contributed by atoms with E-state index in [2.05, 4.69) is 42.7 Å². The minimum atomic E-state index is 0.592. The second-order valence-electron chi connectivity index (χ2n) is 4.60. The van der Waals surface area contributed by atoms with Crippen molar-refractivity contribution >= 4 is 11.4 Å². The molecule has 0 aliphatic carbocycles. The van der Waals surface area contributed by atoms with E-state index < -0.39 is 0 Å². The number of anilines is 2. The molecule has 0 bridgehead atoms. The van der Waals surface area contributed by atoms with Crippen LogP contribution in [-0.2, 0) is 6.42 Å².